The molecule has 0 radical (unpaired) electrons. The van der Waals surface area contributed by atoms with Crippen molar-refractivity contribution >= 4 is 5.91 Å². The summed E-state index contributed by atoms with van der Waals surface area (Å²) in [5.41, 5.74) is 3.07. The van der Waals surface area contributed by atoms with Crippen molar-refractivity contribution in [3.05, 3.63) is 99.2 Å². The summed E-state index contributed by atoms with van der Waals surface area (Å²) in [5.74, 6) is 0.476. The van der Waals surface area contributed by atoms with E-state index in [2.05, 4.69) is 39.5 Å². The fourth-order valence-corrected chi connectivity index (χ4v) is 4.99. The topological polar surface area (TPSA) is 67.2 Å². The smallest absolute Gasteiger partial charge is 0.285 e. The number of rotatable bonds is 5. The summed E-state index contributed by atoms with van der Waals surface area (Å²) in [5, 5.41) is 2.86. The Balaban J connectivity index is 1.30. The molecule has 32 heavy (non-hydrogen) atoms. The van der Waals surface area contributed by atoms with Crippen molar-refractivity contribution in [2.24, 2.45) is 0 Å². The second-order valence-electron chi connectivity index (χ2n) is 9.12. The van der Waals surface area contributed by atoms with Gasteiger partial charge >= 0.3 is 0 Å². The lowest BCUT2D eigenvalue weighted by atomic mass is 9.85. The third-order valence-electron chi connectivity index (χ3n) is 6.80. The van der Waals surface area contributed by atoms with Gasteiger partial charge in [0.05, 0.1) is 0 Å². The van der Waals surface area contributed by atoms with Crippen LogP contribution in [0.1, 0.15) is 45.7 Å². The zero-order valence-corrected chi connectivity index (χ0v) is 18.4. The van der Waals surface area contributed by atoms with Gasteiger partial charge < -0.3 is 9.88 Å². The van der Waals surface area contributed by atoms with E-state index in [-0.39, 0.29) is 16.9 Å². The minimum atomic E-state index is -0.430. The molecule has 1 spiro atoms. The Labute approximate surface area is 187 Å². The quantitative estimate of drug-likeness (QED) is 0.678. The fourth-order valence-electron chi connectivity index (χ4n) is 4.99. The maximum atomic E-state index is 12.8. The largest absolute Gasteiger partial charge is 0.348 e. The van der Waals surface area contributed by atoms with Crippen LogP contribution in [-0.4, -0.2) is 33.4 Å². The Morgan fingerprint density at radius 3 is 2.56 bits per heavy atom. The van der Waals surface area contributed by atoms with Crippen LogP contribution in [0.5, 0.6) is 0 Å². The Kier molecular flexibility index (Phi) is 5.39. The van der Waals surface area contributed by atoms with E-state index in [9.17, 15) is 9.59 Å². The molecule has 1 N–H and O–H groups in total. The molecule has 3 aromatic rings. The van der Waals surface area contributed by atoms with E-state index in [4.69, 9.17) is 0 Å². The average Bonchev–Trinajstić information content (AvgIpc) is 3.37. The molecule has 1 fully saturated rings. The normalized spacial score (nSPS) is 19.9. The first-order valence-corrected chi connectivity index (χ1v) is 11.2. The summed E-state index contributed by atoms with van der Waals surface area (Å²) in [7, 11) is 0. The SMILES string of the molecule is Cc1ccc(CNC(=O)c2cn3c(nc2=O)C2(CCN(Cc4ccccc4)C2)CC3)cc1. The highest BCUT2D eigenvalue weighted by atomic mass is 16.2. The first kappa shape index (κ1) is 20.6. The van der Waals surface area contributed by atoms with Crippen LogP contribution in [0.25, 0.3) is 0 Å². The number of hydrogen-bond acceptors (Lipinski definition) is 4. The van der Waals surface area contributed by atoms with Crippen molar-refractivity contribution in [3.63, 3.8) is 0 Å². The number of amides is 1. The van der Waals surface area contributed by atoms with Gasteiger partial charge in [0.25, 0.3) is 11.5 Å². The summed E-state index contributed by atoms with van der Waals surface area (Å²) >= 11 is 0. The van der Waals surface area contributed by atoms with E-state index in [0.717, 1.165) is 50.4 Å². The Morgan fingerprint density at radius 2 is 1.78 bits per heavy atom. The summed E-state index contributed by atoms with van der Waals surface area (Å²) in [4.78, 5) is 32.4. The number of nitrogens with zero attached hydrogens (tertiary/aromatic N) is 3. The molecule has 2 aliphatic heterocycles. The lowest BCUT2D eigenvalue weighted by molar-refractivity contribution is 0.0948. The molecule has 2 aliphatic rings. The highest BCUT2D eigenvalue weighted by molar-refractivity contribution is 5.93. The van der Waals surface area contributed by atoms with Gasteiger partial charge in [-0.3, -0.25) is 14.5 Å². The first-order valence-electron chi connectivity index (χ1n) is 11.2. The van der Waals surface area contributed by atoms with Gasteiger partial charge in [-0.15, -0.1) is 0 Å². The van der Waals surface area contributed by atoms with E-state index in [1.54, 1.807) is 6.20 Å². The zero-order chi connectivity index (χ0) is 22.1. The van der Waals surface area contributed by atoms with Crippen LogP contribution in [0.4, 0.5) is 0 Å². The Morgan fingerprint density at radius 1 is 1.03 bits per heavy atom. The number of aryl methyl sites for hydroxylation is 2. The summed E-state index contributed by atoms with van der Waals surface area (Å²) < 4.78 is 2.02. The van der Waals surface area contributed by atoms with Crippen LogP contribution in [0.3, 0.4) is 0 Å². The molecule has 1 amide bonds. The van der Waals surface area contributed by atoms with E-state index < -0.39 is 5.56 Å². The van der Waals surface area contributed by atoms with Gasteiger partial charge in [0.15, 0.2) is 0 Å². The lowest BCUT2D eigenvalue weighted by Gasteiger charge is -2.23. The number of fused-ring (bicyclic) bond motifs is 2. The molecule has 1 saturated heterocycles. The molecule has 0 bridgehead atoms. The van der Waals surface area contributed by atoms with Crippen LogP contribution in [0.2, 0.25) is 0 Å². The number of nitrogens with one attached hydrogen (secondary N) is 1. The average molecular weight is 429 g/mol. The Hall–Kier alpha value is -3.25. The van der Waals surface area contributed by atoms with Gasteiger partial charge in [-0.1, -0.05) is 60.2 Å². The fraction of sp³-hybridized carbons (Fsp3) is 0.346. The second-order valence-corrected chi connectivity index (χ2v) is 9.12. The van der Waals surface area contributed by atoms with Crippen LogP contribution >= 0.6 is 0 Å². The number of aromatic nitrogens is 2. The molecule has 0 saturated carbocycles. The predicted octanol–water partition coefficient (Wildman–Crippen LogP) is 3.03. The van der Waals surface area contributed by atoms with Crippen molar-refractivity contribution in [3.8, 4) is 0 Å². The minimum Gasteiger partial charge on any atom is -0.348 e. The zero-order valence-electron chi connectivity index (χ0n) is 18.4. The van der Waals surface area contributed by atoms with Gasteiger partial charge in [-0.25, -0.2) is 0 Å². The lowest BCUT2D eigenvalue weighted by Crippen LogP contribution is -2.35. The van der Waals surface area contributed by atoms with Gasteiger partial charge in [0, 0.05) is 37.8 Å². The molecule has 164 valence electrons. The molecule has 5 rings (SSSR count). The first-order chi connectivity index (χ1) is 15.5. The molecule has 2 aromatic carbocycles. The van der Waals surface area contributed by atoms with Gasteiger partial charge in [0.2, 0.25) is 0 Å². The predicted molar refractivity (Wildman–Crippen MR) is 123 cm³/mol. The Bertz CT molecular complexity index is 1190. The molecular formula is C26H28N4O2. The van der Waals surface area contributed by atoms with Crippen molar-refractivity contribution in [1.29, 1.82) is 0 Å². The maximum Gasteiger partial charge on any atom is 0.285 e. The van der Waals surface area contributed by atoms with Crippen molar-refractivity contribution in [1.82, 2.24) is 19.8 Å². The molecule has 6 nitrogen and oxygen atoms in total. The van der Waals surface area contributed by atoms with Crippen LogP contribution < -0.4 is 10.9 Å². The molecule has 1 unspecified atom stereocenters. The van der Waals surface area contributed by atoms with Crippen LogP contribution in [-0.2, 0) is 25.0 Å². The van der Waals surface area contributed by atoms with Gasteiger partial charge in [0.1, 0.15) is 11.4 Å². The third-order valence-corrected chi connectivity index (χ3v) is 6.80. The highest BCUT2D eigenvalue weighted by Crippen LogP contribution is 2.41. The van der Waals surface area contributed by atoms with E-state index >= 15 is 0 Å². The molecule has 1 aromatic heterocycles. The van der Waals surface area contributed by atoms with Gasteiger partial charge in [-0.2, -0.15) is 4.98 Å². The monoisotopic (exact) mass is 428 g/mol. The molecular weight excluding hydrogens is 400 g/mol. The molecule has 6 heteroatoms. The summed E-state index contributed by atoms with van der Waals surface area (Å²) in [6.07, 6.45) is 3.66. The summed E-state index contributed by atoms with van der Waals surface area (Å²) in [6, 6.07) is 18.5. The second kappa shape index (κ2) is 8.36. The number of likely N-dealkylation sites (tertiary alicyclic amines) is 1. The standard InChI is InChI=1S/C26H28N4O2/c1-19-7-9-20(10-8-19)15-27-23(31)22-17-30-14-12-26(25(30)28-24(22)32)11-13-29(18-26)16-21-5-3-2-4-6-21/h2-10,17H,11-16,18H2,1H3,(H,27,31). The number of carbonyl (C=O) groups is 1. The van der Waals surface area contributed by atoms with Crippen LogP contribution in [0.15, 0.2) is 65.6 Å². The van der Waals surface area contributed by atoms with E-state index in [1.165, 1.54) is 11.1 Å². The molecule has 1 atom stereocenters. The number of carbonyl (C=O) groups excluding carboxylic acids is 1. The number of hydrogen-bond donors (Lipinski definition) is 1. The minimum absolute atomic E-state index is 0.0924. The number of benzene rings is 2. The maximum absolute atomic E-state index is 12.8. The third kappa shape index (κ3) is 3.98. The van der Waals surface area contributed by atoms with Crippen molar-refractivity contribution in [2.75, 3.05) is 13.1 Å². The summed E-state index contributed by atoms with van der Waals surface area (Å²) in [6.45, 7) is 6.00. The van der Waals surface area contributed by atoms with Crippen molar-refractivity contribution < 1.29 is 4.79 Å². The highest BCUT2D eigenvalue weighted by Gasteiger charge is 2.46. The molecule has 3 heterocycles. The van der Waals surface area contributed by atoms with Crippen molar-refractivity contribution in [2.45, 2.75) is 44.8 Å². The molecule has 0 aliphatic carbocycles. The van der Waals surface area contributed by atoms with Crippen LogP contribution in [0, 0.1) is 6.92 Å². The van der Waals surface area contributed by atoms with E-state index in [1.807, 2.05) is 41.8 Å². The van der Waals surface area contributed by atoms with Gasteiger partial charge in [-0.05, 0) is 37.4 Å². The van der Waals surface area contributed by atoms with E-state index in [0.29, 0.717) is 6.54 Å².